The molecule has 3 heteroatoms. The second-order valence-corrected chi connectivity index (χ2v) is 3.95. The van der Waals surface area contributed by atoms with Gasteiger partial charge in [0.05, 0.1) is 5.69 Å². The molecule has 0 aliphatic heterocycles. The van der Waals surface area contributed by atoms with Gasteiger partial charge in [-0.15, -0.1) is 0 Å². The fourth-order valence-corrected chi connectivity index (χ4v) is 1.23. The Morgan fingerprint density at radius 2 is 2.21 bits per heavy atom. The summed E-state index contributed by atoms with van der Waals surface area (Å²) in [6, 6.07) is 4.53. The molecular formula is C11H15ClFN. The number of hydrogen-bond acceptors (Lipinski definition) is 1. The van der Waals surface area contributed by atoms with Crippen molar-refractivity contribution in [1.29, 1.82) is 0 Å². The fourth-order valence-electron chi connectivity index (χ4n) is 1.06. The minimum atomic E-state index is -0.252. The van der Waals surface area contributed by atoms with Crippen molar-refractivity contribution in [2.24, 2.45) is 5.92 Å². The van der Waals surface area contributed by atoms with Crippen LogP contribution in [0.15, 0.2) is 18.2 Å². The van der Waals surface area contributed by atoms with Crippen molar-refractivity contribution in [3.8, 4) is 0 Å². The monoisotopic (exact) mass is 215 g/mol. The molecule has 0 heterocycles. The van der Waals surface area contributed by atoms with Gasteiger partial charge in [-0.3, -0.25) is 0 Å². The Balaban J connectivity index is 2.62. The molecule has 1 aromatic carbocycles. The summed E-state index contributed by atoms with van der Waals surface area (Å²) in [5, 5.41) is 3.60. The van der Waals surface area contributed by atoms with Gasteiger partial charge in [0, 0.05) is 11.6 Å². The SMILES string of the molecule is CCC(C)CNc1cc(Cl)ccc1F. The van der Waals surface area contributed by atoms with Gasteiger partial charge in [0.15, 0.2) is 0 Å². The molecule has 1 unspecified atom stereocenters. The average Bonchev–Trinajstić information content (AvgIpc) is 2.19. The predicted octanol–water partition coefficient (Wildman–Crippen LogP) is 3.94. The number of hydrogen-bond donors (Lipinski definition) is 1. The van der Waals surface area contributed by atoms with Crippen LogP contribution in [0.3, 0.4) is 0 Å². The van der Waals surface area contributed by atoms with Crippen LogP contribution in [0, 0.1) is 11.7 Å². The minimum Gasteiger partial charge on any atom is -0.382 e. The van der Waals surface area contributed by atoms with Gasteiger partial charge in [-0.1, -0.05) is 31.9 Å². The summed E-state index contributed by atoms with van der Waals surface area (Å²) in [4.78, 5) is 0. The van der Waals surface area contributed by atoms with Gasteiger partial charge in [0.25, 0.3) is 0 Å². The molecule has 0 saturated carbocycles. The minimum absolute atomic E-state index is 0.252. The van der Waals surface area contributed by atoms with Crippen LogP contribution in [-0.2, 0) is 0 Å². The Kier molecular flexibility index (Phi) is 4.21. The van der Waals surface area contributed by atoms with E-state index in [4.69, 9.17) is 11.6 Å². The van der Waals surface area contributed by atoms with E-state index < -0.39 is 0 Å². The van der Waals surface area contributed by atoms with E-state index in [1.54, 1.807) is 12.1 Å². The van der Waals surface area contributed by atoms with E-state index in [9.17, 15) is 4.39 Å². The molecule has 14 heavy (non-hydrogen) atoms. The molecule has 0 saturated heterocycles. The molecule has 0 radical (unpaired) electrons. The highest BCUT2D eigenvalue weighted by Crippen LogP contribution is 2.19. The predicted molar refractivity (Wildman–Crippen MR) is 59.4 cm³/mol. The number of nitrogens with one attached hydrogen (secondary N) is 1. The zero-order chi connectivity index (χ0) is 10.6. The summed E-state index contributed by atoms with van der Waals surface area (Å²) in [5.74, 6) is 0.283. The summed E-state index contributed by atoms with van der Waals surface area (Å²) in [5.41, 5.74) is 0.484. The van der Waals surface area contributed by atoms with Crippen molar-refractivity contribution in [1.82, 2.24) is 0 Å². The second-order valence-electron chi connectivity index (χ2n) is 3.52. The Hall–Kier alpha value is -0.760. The topological polar surface area (TPSA) is 12.0 Å². The van der Waals surface area contributed by atoms with Crippen molar-refractivity contribution < 1.29 is 4.39 Å². The van der Waals surface area contributed by atoms with E-state index in [1.165, 1.54) is 6.07 Å². The zero-order valence-corrected chi connectivity index (χ0v) is 9.24. The molecular weight excluding hydrogens is 201 g/mol. The van der Waals surface area contributed by atoms with Gasteiger partial charge in [0.2, 0.25) is 0 Å². The van der Waals surface area contributed by atoms with E-state index in [0.717, 1.165) is 13.0 Å². The molecule has 1 rings (SSSR count). The van der Waals surface area contributed by atoms with Gasteiger partial charge < -0.3 is 5.32 Å². The molecule has 1 N–H and O–H groups in total. The molecule has 78 valence electrons. The maximum absolute atomic E-state index is 13.2. The fraction of sp³-hybridized carbons (Fsp3) is 0.455. The number of benzene rings is 1. The van der Waals surface area contributed by atoms with Crippen LogP contribution in [0.5, 0.6) is 0 Å². The Labute approximate surface area is 89.3 Å². The third-order valence-corrected chi connectivity index (χ3v) is 2.50. The van der Waals surface area contributed by atoms with Crippen molar-refractivity contribution in [3.05, 3.63) is 29.0 Å². The molecule has 0 amide bonds. The van der Waals surface area contributed by atoms with E-state index in [0.29, 0.717) is 16.6 Å². The zero-order valence-electron chi connectivity index (χ0n) is 8.48. The maximum Gasteiger partial charge on any atom is 0.146 e. The summed E-state index contributed by atoms with van der Waals surface area (Å²) < 4.78 is 13.2. The van der Waals surface area contributed by atoms with E-state index in [1.807, 2.05) is 0 Å². The molecule has 1 atom stereocenters. The second kappa shape index (κ2) is 5.20. The summed E-state index contributed by atoms with van der Waals surface area (Å²) in [6.07, 6.45) is 1.08. The summed E-state index contributed by atoms with van der Waals surface area (Å²) >= 11 is 5.76. The lowest BCUT2D eigenvalue weighted by atomic mass is 10.1. The van der Waals surface area contributed by atoms with Crippen molar-refractivity contribution >= 4 is 17.3 Å². The van der Waals surface area contributed by atoms with Gasteiger partial charge in [0.1, 0.15) is 5.82 Å². The largest absolute Gasteiger partial charge is 0.382 e. The molecule has 0 bridgehead atoms. The van der Waals surface area contributed by atoms with Gasteiger partial charge >= 0.3 is 0 Å². The lowest BCUT2D eigenvalue weighted by Crippen LogP contribution is -2.11. The maximum atomic E-state index is 13.2. The lowest BCUT2D eigenvalue weighted by Gasteiger charge is -2.12. The first-order chi connectivity index (χ1) is 6.63. The van der Waals surface area contributed by atoms with E-state index >= 15 is 0 Å². The Bertz CT molecular complexity index is 301. The van der Waals surface area contributed by atoms with Crippen LogP contribution >= 0.6 is 11.6 Å². The van der Waals surface area contributed by atoms with Crippen LogP contribution < -0.4 is 5.32 Å². The van der Waals surface area contributed by atoms with Crippen molar-refractivity contribution in [2.45, 2.75) is 20.3 Å². The molecule has 0 spiro atoms. The van der Waals surface area contributed by atoms with Crippen LogP contribution in [-0.4, -0.2) is 6.54 Å². The van der Waals surface area contributed by atoms with E-state index in [-0.39, 0.29) is 5.82 Å². The van der Waals surface area contributed by atoms with Crippen LogP contribution in [0.25, 0.3) is 0 Å². The third-order valence-electron chi connectivity index (χ3n) is 2.27. The molecule has 0 aliphatic rings. The molecule has 0 aromatic heterocycles. The van der Waals surface area contributed by atoms with Crippen LogP contribution in [0.4, 0.5) is 10.1 Å². The normalized spacial score (nSPS) is 12.6. The van der Waals surface area contributed by atoms with Crippen LogP contribution in [0.2, 0.25) is 5.02 Å². The summed E-state index contributed by atoms with van der Waals surface area (Å²) in [6.45, 7) is 5.00. The van der Waals surface area contributed by atoms with E-state index in [2.05, 4.69) is 19.2 Å². The van der Waals surface area contributed by atoms with Crippen molar-refractivity contribution in [3.63, 3.8) is 0 Å². The number of anilines is 1. The average molecular weight is 216 g/mol. The summed E-state index contributed by atoms with van der Waals surface area (Å²) in [7, 11) is 0. The highest BCUT2D eigenvalue weighted by Gasteiger charge is 2.03. The molecule has 1 nitrogen and oxygen atoms in total. The van der Waals surface area contributed by atoms with Gasteiger partial charge in [-0.05, 0) is 24.1 Å². The van der Waals surface area contributed by atoms with Gasteiger partial charge in [-0.25, -0.2) is 4.39 Å². The Morgan fingerprint density at radius 1 is 1.50 bits per heavy atom. The van der Waals surface area contributed by atoms with Gasteiger partial charge in [-0.2, -0.15) is 0 Å². The van der Waals surface area contributed by atoms with Crippen molar-refractivity contribution in [2.75, 3.05) is 11.9 Å². The first-order valence-corrected chi connectivity index (χ1v) is 5.20. The standard InChI is InChI=1S/C11H15ClFN/c1-3-8(2)7-14-11-6-9(12)4-5-10(11)13/h4-6,8,14H,3,7H2,1-2H3. The Morgan fingerprint density at radius 3 is 2.86 bits per heavy atom. The number of halogens is 2. The molecule has 1 aromatic rings. The first-order valence-electron chi connectivity index (χ1n) is 4.82. The third kappa shape index (κ3) is 3.18. The lowest BCUT2D eigenvalue weighted by molar-refractivity contribution is 0.585. The molecule has 0 aliphatic carbocycles. The quantitative estimate of drug-likeness (QED) is 0.803. The highest BCUT2D eigenvalue weighted by atomic mass is 35.5. The van der Waals surface area contributed by atoms with Crippen LogP contribution in [0.1, 0.15) is 20.3 Å². The highest BCUT2D eigenvalue weighted by molar-refractivity contribution is 6.30. The first kappa shape index (κ1) is 11.3. The number of rotatable bonds is 4. The molecule has 0 fully saturated rings. The smallest absolute Gasteiger partial charge is 0.146 e.